The maximum Gasteiger partial charge on any atom is 0.0465 e. The van der Waals surface area contributed by atoms with Crippen LogP contribution in [0.1, 0.15) is 12.0 Å². The normalized spacial score (nSPS) is 19.2. The SMILES string of the molecule is CNC1CCN(Cc2c(Cl)cccc2Cl)C1.Cl.Cl. The Morgan fingerprint density at radius 3 is 2.39 bits per heavy atom. The molecule has 0 radical (unpaired) electrons. The van der Waals surface area contributed by atoms with E-state index in [1.54, 1.807) is 0 Å². The van der Waals surface area contributed by atoms with E-state index in [2.05, 4.69) is 10.2 Å². The number of hydrogen-bond donors (Lipinski definition) is 1. The monoisotopic (exact) mass is 330 g/mol. The quantitative estimate of drug-likeness (QED) is 0.909. The minimum Gasteiger partial charge on any atom is -0.316 e. The third kappa shape index (κ3) is 4.44. The molecule has 2 rings (SSSR count). The first kappa shape index (κ1) is 18.3. The van der Waals surface area contributed by atoms with Crippen molar-refractivity contribution in [2.45, 2.75) is 19.0 Å². The topological polar surface area (TPSA) is 15.3 Å². The van der Waals surface area contributed by atoms with Gasteiger partial charge in [-0.1, -0.05) is 29.3 Å². The third-order valence-electron chi connectivity index (χ3n) is 3.12. The minimum absolute atomic E-state index is 0. The van der Waals surface area contributed by atoms with Crippen LogP contribution in [0, 0.1) is 0 Å². The highest BCUT2D eigenvalue weighted by Crippen LogP contribution is 2.26. The van der Waals surface area contributed by atoms with Gasteiger partial charge in [0.2, 0.25) is 0 Å². The number of halogens is 4. The van der Waals surface area contributed by atoms with Crippen LogP contribution in [0.4, 0.5) is 0 Å². The second-order valence-electron chi connectivity index (χ2n) is 4.21. The Morgan fingerprint density at radius 2 is 1.89 bits per heavy atom. The molecule has 1 atom stereocenters. The maximum atomic E-state index is 6.15. The number of benzene rings is 1. The van der Waals surface area contributed by atoms with Gasteiger partial charge in [-0.2, -0.15) is 0 Å². The standard InChI is InChI=1S/C12H16Cl2N2.2ClH/c1-15-9-5-6-16(7-9)8-10-11(13)3-2-4-12(10)14;;/h2-4,9,15H,5-8H2,1H3;2*1H. The predicted octanol–water partition coefficient (Wildman–Crippen LogP) is 3.63. The van der Waals surface area contributed by atoms with E-state index in [4.69, 9.17) is 23.2 Å². The number of rotatable bonds is 3. The average molecular weight is 332 g/mol. The third-order valence-corrected chi connectivity index (χ3v) is 3.83. The minimum atomic E-state index is 0. The van der Waals surface area contributed by atoms with E-state index >= 15 is 0 Å². The van der Waals surface area contributed by atoms with Gasteiger partial charge in [-0.05, 0) is 25.6 Å². The summed E-state index contributed by atoms with van der Waals surface area (Å²) in [4.78, 5) is 2.38. The highest BCUT2D eigenvalue weighted by Gasteiger charge is 2.22. The predicted molar refractivity (Wildman–Crippen MR) is 83.7 cm³/mol. The Hall–Kier alpha value is 0.300. The molecule has 0 amide bonds. The van der Waals surface area contributed by atoms with Crippen molar-refractivity contribution in [3.05, 3.63) is 33.8 Å². The molecule has 1 aromatic carbocycles. The van der Waals surface area contributed by atoms with Crippen molar-refractivity contribution in [3.8, 4) is 0 Å². The van der Waals surface area contributed by atoms with Gasteiger partial charge in [0, 0.05) is 41.3 Å². The summed E-state index contributed by atoms with van der Waals surface area (Å²) in [6.45, 7) is 3.02. The highest BCUT2D eigenvalue weighted by molar-refractivity contribution is 6.35. The molecule has 1 unspecified atom stereocenters. The van der Waals surface area contributed by atoms with Crippen LogP contribution in [-0.4, -0.2) is 31.1 Å². The van der Waals surface area contributed by atoms with Gasteiger partial charge in [0.1, 0.15) is 0 Å². The number of nitrogens with one attached hydrogen (secondary N) is 1. The Kier molecular flexibility index (Phi) is 8.61. The van der Waals surface area contributed by atoms with Crippen molar-refractivity contribution in [2.75, 3.05) is 20.1 Å². The van der Waals surface area contributed by atoms with Crippen LogP contribution in [0.15, 0.2) is 18.2 Å². The van der Waals surface area contributed by atoms with E-state index in [9.17, 15) is 0 Å². The molecular weight excluding hydrogens is 314 g/mol. The molecule has 18 heavy (non-hydrogen) atoms. The van der Waals surface area contributed by atoms with Gasteiger partial charge in [0.05, 0.1) is 0 Å². The summed E-state index contributed by atoms with van der Waals surface area (Å²) in [5.41, 5.74) is 1.04. The van der Waals surface area contributed by atoms with Crippen LogP contribution in [0.5, 0.6) is 0 Å². The maximum absolute atomic E-state index is 6.15. The Bertz CT molecular complexity index is 353. The fourth-order valence-electron chi connectivity index (χ4n) is 2.12. The summed E-state index contributed by atoms with van der Waals surface area (Å²) in [5.74, 6) is 0. The average Bonchev–Trinajstić information content (AvgIpc) is 2.71. The summed E-state index contributed by atoms with van der Waals surface area (Å²) >= 11 is 12.3. The van der Waals surface area contributed by atoms with Crippen LogP contribution < -0.4 is 5.32 Å². The van der Waals surface area contributed by atoms with Crippen molar-refractivity contribution in [2.24, 2.45) is 0 Å². The fraction of sp³-hybridized carbons (Fsp3) is 0.500. The van der Waals surface area contributed by atoms with Crippen LogP contribution in [0.3, 0.4) is 0 Å². The van der Waals surface area contributed by atoms with Crippen molar-refractivity contribution in [1.82, 2.24) is 10.2 Å². The van der Waals surface area contributed by atoms with E-state index in [-0.39, 0.29) is 24.8 Å². The van der Waals surface area contributed by atoms with Gasteiger partial charge >= 0.3 is 0 Å². The Labute approximate surface area is 131 Å². The summed E-state index contributed by atoms with van der Waals surface area (Å²) in [6, 6.07) is 6.28. The zero-order chi connectivity index (χ0) is 11.5. The fourth-order valence-corrected chi connectivity index (χ4v) is 2.64. The lowest BCUT2D eigenvalue weighted by molar-refractivity contribution is 0.322. The number of likely N-dealkylation sites (tertiary alicyclic amines) is 1. The Morgan fingerprint density at radius 1 is 1.28 bits per heavy atom. The largest absolute Gasteiger partial charge is 0.316 e. The van der Waals surface area contributed by atoms with Crippen LogP contribution >= 0.6 is 48.0 Å². The molecule has 1 heterocycles. The molecule has 1 fully saturated rings. The Balaban J connectivity index is 0.00000144. The van der Waals surface area contributed by atoms with Gasteiger partial charge in [-0.15, -0.1) is 24.8 Å². The van der Waals surface area contributed by atoms with E-state index in [0.29, 0.717) is 6.04 Å². The van der Waals surface area contributed by atoms with E-state index in [0.717, 1.165) is 35.2 Å². The van der Waals surface area contributed by atoms with E-state index < -0.39 is 0 Å². The van der Waals surface area contributed by atoms with Gasteiger partial charge in [0.25, 0.3) is 0 Å². The molecule has 1 aliphatic rings. The summed E-state index contributed by atoms with van der Waals surface area (Å²) < 4.78 is 0. The molecule has 6 heteroatoms. The van der Waals surface area contributed by atoms with Crippen molar-refractivity contribution >= 4 is 48.0 Å². The molecule has 0 bridgehead atoms. The van der Waals surface area contributed by atoms with E-state index in [1.807, 2.05) is 25.2 Å². The molecular formula is C12H18Cl4N2. The lowest BCUT2D eigenvalue weighted by Gasteiger charge is -2.17. The molecule has 1 aliphatic heterocycles. The summed E-state index contributed by atoms with van der Waals surface area (Å²) in [7, 11) is 2.01. The summed E-state index contributed by atoms with van der Waals surface area (Å²) in [5, 5.41) is 4.83. The van der Waals surface area contributed by atoms with Crippen LogP contribution in [0.25, 0.3) is 0 Å². The first-order chi connectivity index (χ1) is 7.70. The molecule has 0 spiro atoms. The van der Waals surface area contributed by atoms with E-state index in [1.165, 1.54) is 6.42 Å². The second kappa shape index (κ2) is 8.47. The molecule has 0 saturated carbocycles. The molecule has 104 valence electrons. The molecule has 2 nitrogen and oxygen atoms in total. The van der Waals surface area contributed by atoms with Gasteiger partial charge in [-0.3, -0.25) is 4.90 Å². The van der Waals surface area contributed by atoms with Crippen molar-refractivity contribution < 1.29 is 0 Å². The van der Waals surface area contributed by atoms with Gasteiger partial charge in [0.15, 0.2) is 0 Å². The first-order valence-electron chi connectivity index (χ1n) is 5.53. The highest BCUT2D eigenvalue weighted by atomic mass is 35.5. The number of likely N-dealkylation sites (N-methyl/N-ethyl adjacent to an activating group) is 1. The lowest BCUT2D eigenvalue weighted by Crippen LogP contribution is -2.29. The van der Waals surface area contributed by atoms with Crippen LogP contribution in [-0.2, 0) is 6.54 Å². The molecule has 1 saturated heterocycles. The number of hydrogen-bond acceptors (Lipinski definition) is 2. The summed E-state index contributed by atoms with van der Waals surface area (Å²) in [6.07, 6.45) is 1.19. The first-order valence-corrected chi connectivity index (χ1v) is 6.29. The van der Waals surface area contributed by atoms with Crippen molar-refractivity contribution in [1.29, 1.82) is 0 Å². The zero-order valence-electron chi connectivity index (χ0n) is 10.2. The number of nitrogens with zero attached hydrogens (tertiary/aromatic N) is 1. The molecule has 0 aliphatic carbocycles. The van der Waals surface area contributed by atoms with Crippen LogP contribution in [0.2, 0.25) is 10.0 Å². The lowest BCUT2D eigenvalue weighted by atomic mass is 10.2. The van der Waals surface area contributed by atoms with Crippen molar-refractivity contribution in [3.63, 3.8) is 0 Å². The smallest absolute Gasteiger partial charge is 0.0465 e. The molecule has 0 aromatic heterocycles. The zero-order valence-corrected chi connectivity index (χ0v) is 13.3. The van der Waals surface area contributed by atoms with Gasteiger partial charge in [-0.25, -0.2) is 0 Å². The van der Waals surface area contributed by atoms with Gasteiger partial charge < -0.3 is 5.32 Å². The second-order valence-corrected chi connectivity index (χ2v) is 5.02. The molecule has 1 N–H and O–H groups in total. The molecule has 1 aromatic rings.